The molecule has 26 heavy (non-hydrogen) atoms. The van der Waals surface area contributed by atoms with E-state index in [2.05, 4.69) is 30.9 Å². The first-order chi connectivity index (χ1) is 12.5. The second-order valence-electron chi connectivity index (χ2n) is 5.09. The molecule has 8 nitrogen and oxygen atoms in total. The Morgan fingerprint density at radius 1 is 1.04 bits per heavy atom. The number of rotatable bonds is 8. The average molecular weight is 423 g/mol. The largest absolute Gasteiger partial charge is 0.465 e. The van der Waals surface area contributed by atoms with E-state index >= 15 is 0 Å². The molecule has 0 amide bonds. The molecule has 0 aliphatic heterocycles. The zero-order valence-corrected chi connectivity index (χ0v) is 16.1. The maximum atomic E-state index is 11.9. The zero-order valence-electron chi connectivity index (χ0n) is 14.5. The molecule has 0 aliphatic carbocycles. The Bertz CT molecular complexity index is 738. The summed E-state index contributed by atoms with van der Waals surface area (Å²) < 4.78 is 10.7. The number of anilines is 1. The van der Waals surface area contributed by atoms with Crippen molar-refractivity contribution in [3.05, 3.63) is 35.3 Å². The highest BCUT2D eigenvalue weighted by molar-refractivity contribution is 9.10. The van der Waals surface area contributed by atoms with Crippen LogP contribution in [0.2, 0.25) is 0 Å². The molecule has 0 atom stereocenters. The van der Waals surface area contributed by atoms with Crippen LogP contribution >= 0.6 is 15.9 Å². The van der Waals surface area contributed by atoms with E-state index in [0.29, 0.717) is 16.0 Å². The number of nitrogens with zero attached hydrogens (tertiary/aromatic N) is 4. The number of carbonyl (C=O) groups excluding carboxylic acids is 2. The molecule has 0 spiro atoms. The van der Waals surface area contributed by atoms with Crippen LogP contribution in [-0.4, -0.2) is 53.2 Å². The molecule has 0 aliphatic rings. The minimum atomic E-state index is -0.426. The van der Waals surface area contributed by atoms with Crippen LogP contribution in [0.1, 0.15) is 13.8 Å². The van der Waals surface area contributed by atoms with Gasteiger partial charge in [0, 0.05) is 10.0 Å². The van der Waals surface area contributed by atoms with Crippen molar-refractivity contribution >= 4 is 33.6 Å². The fraction of sp³-hybridized carbons (Fsp3) is 0.353. The molecule has 9 heteroatoms. The van der Waals surface area contributed by atoms with Gasteiger partial charge in [-0.1, -0.05) is 0 Å². The zero-order chi connectivity index (χ0) is 18.9. The molecule has 0 saturated carbocycles. The molecule has 2 aromatic rings. The van der Waals surface area contributed by atoms with Gasteiger partial charge in [0.1, 0.15) is 25.7 Å². The molecule has 2 rings (SSSR count). The first-order valence-electron chi connectivity index (χ1n) is 8.03. The third-order valence-electron chi connectivity index (χ3n) is 3.29. The normalized spacial score (nSPS) is 10.3. The van der Waals surface area contributed by atoms with Crippen LogP contribution in [0, 0.1) is 0 Å². The van der Waals surface area contributed by atoms with Gasteiger partial charge in [-0.15, -0.1) is 0 Å². The molecule has 1 aromatic carbocycles. The van der Waals surface area contributed by atoms with Gasteiger partial charge in [0.2, 0.25) is 0 Å². The number of ether oxygens (including phenoxy) is 2. The van der Waals surface area contributed by atoms with Crippen LogP contribution in [-0.2, 0) is 19.1 Å². The Morgan fingerprint density at radius 3 is 2.12 bits per heavy atom. The number of carbonyl (C=O) groups is 2. The molecule has 0 unspecified atom stereocenters. The van der Waals surface area contributed by atoms with E-state index in [1.54, 1.807) is 30.9 Å². The van der Waals surface area contributed by atoms with Gasteiger partial charge in [-0.2, -0.15) is 0 Å². The molecule has 0 radical (unpaired) electrons. The van der Waals surface area contributed by atoms with E-state index in [4.69, 9.17) is 9.47 Å². The summed E-state index contributed by atoms with van der Waals surface area (Å²) in [6.07, 6.45) is 2.83. The maximum absolute atomic E-state index is 11.9. The lowest BCUT2D eigenvalue weighted by atomic mass is 10.2. The van der Waals surface area contributed by atoms with E-state index in [0.717, 1.165) is 5.56 Å². The predicted octanol–water partition coefficient (Wildman–Crippen LogP) is 2.23. The summed E-state index contributed by atoms with van der Waals surface area (Å²) in [5.41, 5.74) is 1.43. The highest BCUT2D eigenvalue weighted by atomic mass is 79.9. The molecule has 1 aromatic heterocycles. The lowest BCUT2D eigenvalue weighted by Gasteiger charge is -2.24. The van der Waals surface area contributed by atoms with Gasteiger partial charge in [-0.05, 0) is 48.0 Å². The molecular weight excluding hydrogens is 404 g/mol. The topological polar surface area (TPSA) is 94.5 Å². The van der Waals surface area contributed by atoms with E-state index in [1.807, 2.05) is 6.07 Å². The third kappa shape index (κ3) is 5.48. The Labute approximate surface area is 159 Å². The van der Waals surface area contributed by atoms with E-state index in [9.17, 15) is 9.59 Å². The smallest absolute Gasteiger partial charge is 0.325 e. The van der Waals surface area contributed by atoms with Crippen LogP contribution < -0.4 is 4.90 Å². The van der Waals surface area contributed by atoms with Gasteiger partial charge in [0.15, 0.2) is 5.82 Å². The quantitative estimate of drug-likeness (QED) is 0.597. The van der Waals surface area contributed by atoms with Gasteiger partial charge in [-0.3, -0.25) is 9.59 Å². The van der Waals surface area contributed by atoms with Gasteiger partial charge in [-0.25, -0.2) is 15.0 Å². The molecule has 0 fully saturated rings. The van der Waals surface area contributed by atoms with Crippen molar-refractivity contribution in [3.63, 3.8) is 0 Å². The van der Waals surface area contributed by atoms with Crippen molar-refractivity contribution in [1.29, 1.82) is 0 Å². The number of hydrogen-bond donors (Lipinski definition) is 0. The van der Waals surface area contributed by atoms with Crippen molar-refractivity contribution in [1.82, 2.24) is 15.0 Å². The number of halogens is 1. The average Bonchev–Trinajstić information content (AvgIpc) is 2.62. The third-order valence-corrected chi connectivity index (χ3v) is 3.93. The molecular formula is C17H19BrN4O4. The number of hydrogen-bond acceptors (Lipinski definition) is 8. The number of benzene rings is 1. The van der Waals surface area contributed by atoms with E-state index < -0.39 is 11.9 Å². The fourth-order valence-corrected chi connectivity index (χ4v) is 2.87. The Balaban J connectivity index is 2.27. The Morgan fingerprint density at radius 2 is 1.62 bits per heavy atom. The molecule has 1 heterocycles. The molecule has 138 valence electrons. The Hall–Kier alpha value is -2.55. The van der Waals surface area contributed by atoms with Crippen LogP contribution in [0.5, 0.6) is 0 Å². The van der Waals surface area contributed by atoms with Gasteiger partial charge >= 0.3 is 11.9 Å². The monoisotopic (exact) mass is 422 g/mol. The SMILES string of the molecule is CCOC(=O)CN(CC(=O)OCC)c1ccc(-c2ncncn2)cc1Br. The van der Waals surface area contributed by atoms with Crippen molar-refractivity contribution < 1.29 is 19.1 Å². The van der Waals surface area contributed by atoms with Crippen LogP contribution in [0.25, 0.3) is 11.4 Å². The summed E-state index contributed by atoms with van der Waals surface area (Å²) >= 11 is 3.49. The second kappa shape index (κ2) is 9.81. The molecule has 0 N–H and O–H groups in total. The predicted molar refractivity (Wildman–Crippen MR) is 98.4 cm³/mol. The van der Waals surface area contributed by atoms with Gasteiger partial charge in [0.25, 0.3) is 0 Å². The lowest BCUT2D eigenvalue weighted by molar-refractivity contribution is -0.142. The summed E-state index contributed by atoms with van der Waals surface area (Å²) in [4.78, 5) is 37.4. The summed E-state index contributed by atoms with van der Waals surface area (Å²) in [5.74, 6) is -0.329. The first-order valence-corrected chi connectivity index (χ1v) is 8.82. The first kappa shape index (κ1) is 19.8. The highest BCUT2D eigenvalue weighted by Gasteiger charge is 2.19. The van der Waals surface area contributed by atoms with Crippen LogP contribution in [0.3, 0.4) is 0 Å². The van der Waals surface area contributed by atoms with E-state index in [-0.39, 0.29) is 26.3 Å². The van der Waals surface area contributed by atoms with E-state index in [1.165, 1.54) is 12.7 Å². The standard InChI is InChI=1S/C17H19BrN4O4/c1-3-25-15(23)8-22(9-16(24)26-4-2)14-6-5-12(7-13(14)18)17-20-10-19-11-21-17/h5-7,10-11H,3-4,8-9H2,1-2H3. The minimum absolute atomic E-state index is 0.0731. The van der Waals surface area contributed by atoms with Crippen molar-refractivity contribution in [2.75, 3.05) is 31.2 Å². The van der Waals surface area contributed by atoms with Crippen molar-refractivity contribution in [2.24, 2.45) is 0 Å². The van der Waals surface area contributed by atoms with Crippen molar-refractivity contribution in [3.8, 4) is 11.4 Å². The Kier molecular flexibility index (Phi) is 7.46. The van der Waals surface area contributed by atoms with Crippen molar-refractivity contribution in [2.45, 2.75) is 13.8 Å². The minimum Gasteiger partial charge on any atom is -0.465 e. The molecule has 0 saturated heterocycles. The van der Waals surface area contributed by atoms with Gasteiger partial charge in [0.05, 0.1) is 18.9 Å². The highest BCUT2D eigenvalue weighted by Crippen LogP contribution is 2.30. The summed E-state index contributed by atoms with van der Waals surface area (Å²) in [6.45, 7) is 3.85. The lowest BCUT2D eigenvalue weighted by Crippen LogP contribution is -2.36. The number of esters is 2. The van der Waals surface area contributed by atoms with Crippen LogP contribution in [0.4, 0.5) is 5.69 Å². The van der Waals surface area contributed by atoms with Crippen LogP contribution in [0.15, 0.2) is 35.3 Å². The molecule has 0 bridgehead atoms. The maximum Gasteiger partial charge on any atom is 0.325 e. The number of aromatic nitrogens is 3. The van der Waals surface area contributed by atoms with Gasteiger partial charge < -0.3 is 14.4 Å². The second-order valence-corrected chi connectivity index (χ2v) is 5.95. The summed E-state index contributed by atoms with van der Waals surface area (Å²) in [6, 6.07) is 5.40. The fourth-order valence-electron chi connectivity index (χ4n) is 2.24. The summed E-state index contributed by atoms with van der Waals surface area (Å²) in [7, 11) is 0. The summed E-state index contributed by atoms with van der Waals surface area (Å²) in [5, 5.41) is 0.